The number of H-pyrrole nitrogens is 1. The van der Waals surface area contributed by atoms with Gasteiger partial charge >= 0.3 is 0 Å². The Bertz CT molecular complexity index is 656. The number of nitrogens with one attached hydrogen (secondary N) is 2. The van der Waals surface area contributed by atoms with Crippen LogP contribution in [0.2, 0.25) is 0 Å². The number of aromatic amines is 1. The van der Waals surface area contributed by atoms with Crippen LogP contribution in [0.3, 0.4) is 0 Å². The number of hydrogen-bond donors (Lipinski definition) is 3. The fourth-order valence-electron chi connectivity index (χ4n) is 2.19. The average Bonchev–Trinajstić information content (AvgIpc) is 2.44. The summed E-state index contributed by atoms with van der Waals surface area (Å²) in [6.07, 6.45) is 0.992. The van der Waals surface area contributed by atoms with Gasteiger partial charge in [-0.3, -0.25) is 4.79 Å². The predicted octanol–water partition coefficient (Wildman–Crippen LogP) is 2.56. The minimum atomic E-state index is -0.235. The summed E-state index contributed by atoms with van der Waals surface area (Å²) in [6.45, 7) is 5.15. The quantitative estimate of drug-likeness (QED) is 0.714. The summed E-state index contributed by atoms with van der Waals surface area (Å²) in [4.78, 5) is 19.4. The van der Waals surface area contributed by atoms with Crippen molar-refractivity contribution in [1.82, 2.24) is 15.3 Å². The first-order valence-corrected chi connectivity index (χ1v) is 7.82. The molecule has 112 valence electrons. The molecule has 1 aromatic carbocycles. The highest BCUT2D eigenvalue weighted by molar-refractivity contribution is 7.99. The summed E-state index contributed by atoms with van der Waals surface area (Å²) < 4.78 is 0. The van der Waals surface area contributed by atoms with E-state index in [1.54, 1.807) is 0 Å². The van der Waals surface area contributed by atoms with Gasteiger partial charge in [-0.25, -0.2) is 4.98 Å². The fraction of sp³-hybridized carbons (Fsp3) is 0.333. The Labute approximate surface area is 128 Å². The Morgan fingerprint density at radius 3 is 2.81 bits per heavy atom. The van der Waals surface area contributed by atoms with Crippen LogP contribution in [0.15, 0.2) is 45.2 Å². The molecule has 0 bridgehead atoms. The lowest BCUT2D eigenvalue weighted by Crippen LogP contribution is -2.20. The predicted molar refractivity (Wildman–Crippen MR) is 86.5 cm³/mol. The van der Waals surface area contributed by atoms with Crippen LogP contribution in [-0.2, 0) is 0 Å². The van der Waals surface area contributed by atoms with E-state index < -0.39 is 0 Å². The van der Waals surface area contributed by atoms with E-state index >= 15 is 0 Å². The van der Waals surface area contributed by atoms with Gasteiger partial charge in [-0.15, -0.1) is 0 Å². The Hall–Kier alpha value is -1.79. The normalized spacial score (nSPS) is 12.3. The molecule has 1 unspecified atom stereocenters. The van der Waals surface area contributed by atoms with Gasteiger partial charge in [0.25, 0.3) is 5.56 Å². The van der Waals surface area contributed by atoms with Crippen LogP contribution in [0.25, 0.3) is 0 Å². The van der Waals surface area contributed by atoms with Crippen molar-refractivity contribution in [2.75, 3.05) is 12.3 Å². The van der Waals surface area contributed by atoms with Gasteiger partial charge in [-0.1, -0.05) is 43.8 Å². The first kappa shape index (κ1) is 15.6. The van der Waals surface area contributed by atoms with E-state index in [2.05, 4.69) is 35.2 Å². The average molecular weight is 304 g/mol. The molecule has 4 N–H and O–H groups in total. The van der Waals surface area contributed by atoms with Crippen LogP contribution >= 0.6 is 11.8 Å². The van der Waals surface area contributed by atoms with Crippen molar-refractivity contribution in [2.24, 2.45) is 0 Å². The van der Waals surface area contributed by atoms with Crippen molar-refractivity contribution in [2.45, 2.75) is 36.4 Å². The Morgan fingerprint density at radius 1 is 1.38 bits per heavy atom. The van der Waals surface area contributed by atoms with Gasteiger partial charge in [0, 0.05) is 17.0 Å². The van der Waals surface area contributed by atoms with Crippen LogP contribution in [0.1, 0.15) is 31.9 Å². The van der Waals surface area contributed by atoms with Gasteiger partial charge in [0.05, 0.1) is 0 Å². The molecule has 5 nitrogen and oxygen atoms in total. The highest BCUT2D eigenvalue weighted by Gasteiger charge is 2.13. The molecule has 1 atom stereocenters. The molecule has 0 aliphatic carbocycles. The van der Waals surface area contributed by atoms with Crippen LogP contribution in [0, 0.1) is 0 Å². The van der Waals surface area contributed by atoms with Gasteiger partial charge in [0.2, 0.25) is 0 Å². The smallest absolute Gasteiger partial charge is 0.253 e. The molecule has 2 rings (SSSR count). The number of benzene rings is 1. The van der Waals surface area contributed by atoms with E-state index in [1.165, 1.54) is 23.4 Å². The van der Waals surface area contributed by atoms with Crippen LogP contribution in [0.4, 0.5) is 5.82 Å². The topological polar surface area (TPSA) is 83.8 Å². The SMILES string of the molecule is CCNC(CC)c1ccccc1Sc1nc(N)cc(=O)[nH]1. The number of rotatable bonds is 6. The molecule has 21 heavy (non-hydrogen) atoms. The highest BCUT2D eigenvalue weighted by Crippen LogP contribution is 2.32. The van der Waals surface area contributed by atoms with E-state index in [0.717, 1.165) is 17.9 Å². The first-order valence-electron chi connectivity index (χ1n) is 7.01. The van der Waals surface area contributed by atoms with Crippen molar-refractivity contribution < 1.29 is 0 Å². The molecule has 0 fully saturated rings. The van der Waals surface area contributed by atoms with Gasteiger partial charge < -0.3 is 16.0 Å². The lowest BCUT2D eigenvalue weighted by molar-refractivity contribution is 0.530. The Balaban J connectivity index is 2.33. The number of nitrogens with zero attached hydrogens (tertiary/aromatic N) is 1. The second kappa shape index (κ2) is 7.28. The Kier molecular flexibility index (Phi) is 5.41. The molecule has 0 aliphatic heterocycles. The zero-order valence-electron chi connectivity index (χ0n) is 12.2. The molecular formula is C15H20N4OS. The molecule has 0 aliphatic rings. The molecule has 0 saturated carbocycles. The summed E-state index contributed by atoms with van der Waals surface area (Å²) in [5, 5.41) is 3.98. The lowest BCUT2D eigenvalue weighted by atomic mass is 10.0. The largest absolute Gasteiger partial charge is 0.383 e. The molecule has 0 spiro atoms. The molecule has 0 saturated heterocycles. The molecule has 1 aromatic heterocycles. The van der Waals surface area contributed by atoms with Gasteiger partial charge in [-0.2, -0.15) is 0 Å². The standard InChI is InChI=1S/C15H20N4OS/c1-3-11(17-4-2)10-7-5-6-8-12(10)21-15-18-13(16)9-14(20)19-15/h5-9,11,17H,3-4H2,1-2H3,(H3,16,18,19,20). The maximum absolute atomic E-state index is 11.5. The van der Waals surface area contributed by atoms with Gasteiger partial charge in [-0.05, 0) is 24.6 Å². The van der Waals surface area contributed by atoms with E-state index in [9.17, 15) is 4.79 Å². The van der Waals surface area contributed by atoms with Crippen molar-refractivity contribution in [3.05, 3.63) is 46.2 Å². The minimum absolute atomic E-state index is 0.234. The van der Waals surface area contributed by atoms with E-state index in [4.69, 9.17) is 5.73 Å². The van der Waals surface area contributed by atoms with Crippen molar-refractivity contribution in [3.8, 4) is 0 Å². The number of nitrogen functional groups attached to an aromatic ring is 1. The minimum Gasteiger partial charge on any atom is -0.383 e. The fourth-order valence-corrected chi connectivity index (χ4v) is 3.17. The monoisotopic (exact) mass is 304 g/mol. The molecule has 0 radical (unpaired) electrons. The molecule has 0 amide bonds. The number of nitrogens with two attached hydrogens (primary N) is 1. The van der Waals surface area contributed by atoms with Crippen molar-refractivity contribution in [1.29, 1.82) is 0 Å². The summed E-state index contributed by atoms with van der Waals surface area (Å²) in [5.41, 5.74) is 6.60. The summed E-state index contributed by atoms with van der Waals surface area (Å²) in [5.74, 6) is 0.234. The second-order valence-corrected chi connectivity index (χ2v) is 5.66. The molecule has 6 heteroatoms. The second-order valence-electron chi connectivity index (χ2n) is 4.63. The zero-order valence-corrected chi connectivity index (χ0v) is 13.0. The molecular weight excluding hydrogens is 284 g/mol. The van der Waals surface area contributed by atoms with Gasteiger partial charge in [0.1, 0.15) is 5.82 Å². The summed E-state index contributed by atoms with van der Waals surface area (Å²) >= 11 is 1.43. The van der Waals surface area contributed by atoms with E-state index in [-0.39, 0.29) is 17.4 Å². The maximum atomic E-state index is 11.5. The third-order valence-corrected chi connectivity index (χ3v) is 4.08. The zero-order chi connectivity index (χ0) is 15.2. The van der Waals surface area contributed by atoms with Crippen molar-refractivity contribution >= 4 is 17.6 Å². The van der Waals surface area contributed by atoms with Gasteiger partial charge in [0.15, 0.2) is 5.16 Å². The van der Waals surface area contributed by atoms with E-state index in [0.29, 0.717) is 5.16 Å². The molecule has 1 heterocycles. The summed E-state index contributed by atoms with van der Waals surface area (Å²) in [7, 11) is 0. The third kappa shape index (κ3) is 4.09. The maximum Gasteiger partial charge on any atom is 0.253 e. The highest BCUT2D eigenvalue weighted by atomic mass is 32.2. The van der Waals surface area contributed by atoms with E-state index in [1.807, 2.05) is 18.2 Å². The van der Waals surface area contributed by atoms with Crippen molar-refractivity contribution in [3.63, 3.8) is 0 Å². The summed E-state index contributed by atoms with van der Waals surface area (Å²) in [6, 6.07) is 9.70. The van der Waals surface area contributed by atoms with Crippen LogP contribution in [-0.4, -0.2) is 16.5 Å². The van der Waals surface area contributed by atoms with Crippen LogP contribution < -0.4 is 16.6 Å². The third-order valence-electron chi connectivity index (χ3n) is 3.10. The number of hydrogen-bond acceptors (Lipinski definition) is 5. The molecule has 2 aromatic rings. The first-order chi connectivity index (χ1) is 10.1. The number of anilines is 1. The number of aromatic nitrogens is 2. The van der Waals surface area contributed by atoms with Crippen LogP contribution in [0.5, 0.6) is 0 Å². The lowest BCUT2D eigenvalue weighted by Gasteiger charge is -2.19. The Morgan fingerprint density at radius 2 is 2.14 bits per heavy atom.